The van der Waals surface area contributed by atoms with Gasteiger partial charge in [-0.2, -0.15) is 92.1 Å². The minimum Gasteiger partial charge on any atom is -0.463 e. The number of rotatable bonds is 21. The molecule has 18 aromatic rings. The zero-order valence-corrected chi connectivity index (χ0v) is 76.8. The van der Waals surface area contributed by atoms with Crippen LogP contribution in [-0.4, -0.2) is 124 Å². The van der Waals surface area contributed by atoms with Crippen LogP contribution < -0.4 is 36.6 Å². The van der Waals surface area contributed by atoms with E-state index in [4.69, 9.17) is 4.74 Å². The topological polar surface area (TPSA) is 340 Å². The van der Waals surface area contributed by atoms with Gasteiger partial charge in [0.15, 0.2) is 5.82 Å². The van der Waals surface area contributed by atoms with Gasteiger partial charge >= 0.3 is 29.7 Å². The zero-order valence-electron chi connectivity index (χ0n) is 76.8. The fraction of sp³-hybridized carbons (Fsp3) is 0.290. The summed E-state index contributed by atoms with van der Waals surface area (Å²) in [7, 11) is 0. The zero-order chi connectivity index (χ0) is 97.7. The number of nitrogens with one attached hydrogen (secondary N) is 6. The predicted molar refractivity (Wildman–Crippen MR) is 490 cm³/mol. The van der Waals surface area contributed by atoms with Crippen LogP contribution in [0.25, 0.3) is 34.7 Å². The van der Waals surface area contributed by atoms with Gasteiger partial charge in [0.2, 0.25) is 23.3 Å². The van der Waals surface area contributed by atoms with Crippen LogP contribution in [0, 0.1) is 106 Å². The normalized spacial score (nSPS) is 12.2. The Bertz CT molecular complexity index is 7200. The van der Waals surface area contributed by atoms with Gasteiger partial charge in [-0.15, -0.1) is 30.6 Å². The van der Waals surface area contributed by atoms with Crippen molar-refractivity contribution in [3.63, 3.8) is 0 Å². The Labute approximate surface area is 770 Å². The molecule has 31 nitrogen and oxygen atoms in total. The van der Waals surface area contributed by atoms with E-state index in [1.54, 1.807) is 88.5 Å². The van der Waals surface area contributed by atoms with Crippen molar-refractivity contribution in [1.29, 1.82) is 0 Å². The number of alkyl halides is 8. The van der Waals surface area contributed by atoms with Crippen molar-refractivity contribution in [2.75, 3.05) is 38.5 Å². The predicted octanol–water partition coefficient (Wildman–Crippen LogP) is 22.0. The molecule has 43 heteroatoms. The van der Waals surface area contributed by atoms with Crippen LogP contribution in [0.3, 0.4) is 0 Å². The van der Waals surface area contributed by atoms with Gasteiger partial charge in [0.25, 0.3) is 34.7 Å². The minimum atomic E-state index is -3.24. The molecule has 0 aliphatic heterocycles. The lowest BCUT2D eigenvalue weighted by Crippen LogP contribution is -2.14. The number of ether oxygens (including phenoxy) is 1. The summed E-state index contributed by atoms with van der Waals surface area (Å²) in [6, 6.07) is 46.3. The van der Waals surface area contributed by atoms with E-state index in [9.17, 15) is 52.7 Å². The molecular weight excluding hydrogens is 1780 g/mol. The molecule has 1 aliphatic rings. The maximum Gasteiger partial charge on any atom is 0.337 e. The van der Waals surface area contributed by atoms with E-state index in [0.29, 0.717) is 99.6 Å². The van der Waals surface area contributed by atoms with Crippen LogP contribution in [0.5, 0.6) is 6.01 Å². The number of aromatic nitrogens is 24. The van der Waals surface area contributed by atoms with Crippen molar-refractivity contribution in [3.05, 3.63) is 278 Å². The number of halogens is 12. The highest BCUT2D eigenvalue weighted by Crippen LogP contribution is 2.39. The lowest BCUT2D eigenvalue weighted by Gasteiger charge is -2.10. The first-order valence-electron chi connectivity index (χ1n) is 42.8. The molecule has 6 aromatic carbocycles. The molecule has 136 heavy (non-hydrogen) atoms. The van der Waals surface area contributed by atoms with Crippen LogP contribution in [0.1, 0.15) is 163 Å². The van der Waals surface area contributed by atoms with E-state index < -0.39 is 58.6 Å². The SMILES string of the molecule is CCC(F)(F)c1nc2nc(C)cc(Nc3ccc(C)cc3)n2n1.CCC(F)(F)c1nc2nc(C)cc(Nc3ccc(C)cc3)n2n1.CCOc1nc2nc(C)cc(Nc3ccc(C)c(F)c3)n2n1.Cc1cc(Nc2cc(F)c(C)c(F)c2)n2nc(C(C)(F)F)nc2n1.Cc1cc(Nc2ccc(C)c(F)c2)n2nc(C(C)(F)F)nc2n1.Cc1ccc(Nc2cc(C)nc3nc(C4CC4)nn23)cc1. The molecule has 0 saturated heterocycles. The Hall–Kier alpha value is -15.6. The summed E-state index contributed by atoms with van der Waals surface area (Å²) in [6.07, 6.45) is 1.67. The molecule has 0 atom stereocenters. The summed E-state index contributed by atoms with van der Waals surface area (Å²) in [5, 5.41) is 42.9. The highest BCUT2D eigenvalue weighted by Gasteiger charge is 2.38. The molecular formula is C93H94F12N30O. The molecule has 0 bridgehead atoms. The number of aryl methyl sites for hydroxylation is 11. The van der Waals surface area contributed by atoms with Crippen molar-refractivity contribution in [3.8, 4) is 6.01 Å². The maximum absolute atomic E-state index is 13.8. The molecule has 12 heterocycles. The van der Waals surface area contributed by atoms with E-state index in [0.717, 1.165) is 74.8 Å². The van der Waals surface area contributed by atoms with Crippen LogP contribution in [-0.2, 0) is 23.7 Å². The third kappa shape index (κ3) is 23.3. The molecule has 0 spiro atoms. The first-order chi connectivity index (χ1) is 64.4. The largest absolute Gasteiger partial charge is 0.463 e. The second kappa shape index (κ2) is 39.7. The summed E-state index contributed by atoms with van der Waals surface area (Å²) >= 11 is 0. The van der Waals surface area contributed by atoms with Crippen molar-refractivity contribution in [2.24, 2.45) is 0 Å². The average molecular weight is 1880 g/mol. The van der Waals surface area contributed by atoms with Gasteiger partial charge in [-0.3, -0.25) is 0 Å². The van der Waals surface area contributed by atoms with Gasteiger partial charge < -0.3 is 36.6 Å². The summed E-state index contributed by atoms with van der Waals surface area (Å²) in [5.41, 5.74) is 12.6. The Morgan fingerprint density at radius 1 is 0.301 bits per heavy atom. The van der Waals surface area contributed by atoms with Gasteiger partial charge in [-0.1, -0.05) is 79.1 Å². The van der Waals surface area contributed by atoms with E-state index >= 15 is 0 Å². The molecule has 0 unspecified atom stereocenters. The smallest absolute Gasteiger partial charge is 0.337 e. The molecule has 6 N–H and O–H groups in total. The number of hydrogen-bond donors (Lipinski definition) is 6. The van der Waals surface area contributed by atoms with Crippen LogP contribution >= 0.6 is 0 Å². The standard InChI is InChI=1S/2C16H17F2N5.C16H17N5.C15H13F4N5.C15H14F3N5.C15H16FN5O/c2*1-4-16(17,18)14-21-15-19-11(3)9-13(23(15)22-14)20-12-7-5-10(2)6-8-12;1-10-3-7-13(8-4-10)18-14-9-11(2)17-16-19-15(12-5-6-12)20-21(14)16;1-7-4-12(21-9-5-10(16)8(2)11(17)6-9)24-14(20-7)22-13(23-24)15(3,18)19;1-8-4-5-10(7-11(8)16)20-12-6-9(2)19-14-21-13(15(3,17)18)22-23(12)14;1-4-22-15-19-14-17-10(3)7-13(21(14)20-15)18-11-6-5-9(2)12(16)8-11/h2*5-9,20H,4H2,1-3H3;3-4,7-9,12,18H,5-6H2,1-2H3;4-6,21H,1-3H3;4-7,20H,1-3H3;5-8,18H,4H2,1-3H3. The average Bonchev–Trinajstić information content (AvgIpc) is 1.65. The Kier molecular flexibility index (Phi) is 28.1. The Morgan fingerprint density at radius 3 is 0.868 bits per heavy atom. The first-order valence-corrected chi connectivity index (χ1v) is 42.8. The van der Waals surface area contributed by atoms with Crippen molar-refractivity contribution in [2.45, 2.75) is 173 Å². The Balaban J connectivity index is 0.000000131. The van der Waals surface area contributed by atoms with Crippen LogP contribution in [0.15, 0.2) is 158 Å². The number of hydrogen-bond acceptors (Lipinski definition) is 25. The first kappa shape index (κ1) is 96.4. The van der Waals surface area contributed by atoms with E-state index in [-0.39, 0.29) is 70.7 Å². The molecule has 1 saturated carbocycles. The third-order valence-corrected chi connectivity index (χ3v) is 20.6. The second-order valence-corrected chi connectivity index (χ2v) is 32.5. The second-order valence-electron chi connectivity index (χ2n) is 32.5. The molecule has 706 valence electrons. The van der Waals surface area contributed by atoms with Gasteiger partial charge in [-0.25, -0.2) is 47.5 Å². The molecule has 0 amide bonds. The van der Waals surface area contributed by atoms with Crippen molar-refractivity contribution < 1.29 is 57.4 Å². The highest BCUT2D eigenvalue weighted by atomic mass is 19.3. The monoisotopic (exact) mass is 1870 g/mol. The highest BCUT2D eigenvalue weighted by molar-refractivity contribution is 5.66. The van der Waals surface area contributed by atoms with Crippen molar-refractivity contribution >= 4 is 104 Å². The maximum atomic E-state index is 13.8. The fourth-order valence-corrected chi connectivity index (χ4v) is 13.0. The lowest BCUT2D eigenvalue weighted by molar-refractivity contribution is -0.0177. The van der Waals surface area contributed by atoms with E-state index in [1.807, 2.05) is 95.3 Å². The molecule has 0 radical (unpaired) electrons. The molecule has 12 aromatic heterocycles. The van der Waals surface area contributed by atoms with Crippen LogP contribution in [0.2, 0.25) is 0 Å². The Morgan fingerprint density at radius 2 is 0.566 bits per heavy atom. The lowest BCUT2D eigenvalue weighted by atomic mass is 10.2. The molecule has 1 fully saturated rings. The van der Waals surface area contributed by atoms with Gasteiger partial charge in [-0.05, 0) is 187 Å². The molecule has 1 aliphatic carbocycles. The molecule has 19 rings (SSSR count). The van der Waals surface area contributed by atoms with E-state index in [2.05, 4.69) is 153 Å². The number of nitrogens with zero attached hydrogens (tertiary/aromatic N) is 24. The summed E-state index contributed by atoms with van der Waals surface area (Å²) in [5.74, 6) is -10.9. The quantitative estimate of drug-likeness (QED) is 0.0364. The summed E-state index contributed by atoms with van der Waals surface area (Å²) in [4.78, 5) is 49.2. The fourth-order valence-electron chi connectivity index (χ4n) is 13.0. The number of anilines is 12. The minimum absolute atomic E-state index is 0.0397. The van der Waals surface area contributed by atoms with Gasteiger partial charge in [0.05, 0.1) is 6.61 Å². The van der Waals surface area contributed by atoms with E-state index in [1.165, 1.54) is 75.4 Å². The summed E-state index contributed by atoms with van der Waals surface area (Å²) in [6.45, 7) is 28.0. The van der Waals surface area contributed by atoms with Crippen molar-refractivity contribution in [1.82, 2.24) is 117 Å². The number of benzene rings is 6. The van der Waals surface area contributed by atoms with Crippen LogP contribution in [0.4, 0.5) is 122 Å². The van der Waals surface area contributed by atoms with Gasteiger partial charge in [0, 0.05) is 143 Å². The summed E-state index contributed by atoms with van der Waals surface area (Å²) < 4.78 is 177. The van der Waals surface area contributed by atoms with Gasteiger partial charge in [0.1, 0.15) is 58.2 Å². The third-order valence-electron chi connectivity index (χ3n) is 20.6. The number of fused-ring (bicyclic) bond motifs is 6.